The van der Waals surface area contributed by atoms with Crippen LogP contribution in [0.25, 0.3) is 0 Å². The average Bonchev–Trinajstić information content (AvgIpc) is 3.37. The molecule has 0 aliphatic rings. The quantitative estimate of drug-likeness (QED) is 0.0262. The molecular formula is C65H102O6. The van der Waals surface area contributed by atoms with Crippen LogP contribution in [-0.2, 0) is 28.6 Å². The van der Waals surface area contributed by atoms with Crippen molar-refractivity contribution in [2.24, 2.45) is 0 Å². The highest BCUT2D eigenvalue weighted by Gasteiger charge is 2.19. The molecule has 398 valence electrons. The smallest absolute Gasteiger partial charge is 0.310 e. The molecule has 0 saturated carbocycles. The lowest BCUT2D eigenvalue weighted by Gasteiger charge is -2.18. The first-order valence-electron chi connectivity index (χ1n) is 28.3. The molecule has 71 heavy (non-hydrogen) atoms. The van der Waals surface area contributed by atoms with E-state index in [1.165, 1.54) is 51.4 Å². The maximum absolute atomic E-state index is 12.8. The van der Waals surface area contributed by atoms with E-state index in [2.05, 4.69) is 154 Å². The van der Waals surface area contributed by atoms with Crippen molar-refractivity contribution in [2.45, 2.75) is 232 Å². The minimum absolute atomic E-state index is 0.0857. The Bertz CT molecular complexity index is 1590. The second-order valence-corrected chi connectivity index (χ2v) is 18.1. The van der Waals surface area contributed by atoms with Crippen molar-refractivity contribution in [3.05, 3.63) is 146 Å². The maximum atomic E-state index is 12.8. The fourth-order valence-corrected chi connectivity index (χ4v) is 7.23. The van der Waals surface area contributed by atoms with Gasteiger partial charge in [-0.05, 0) is 116 Å². The van der Waals surface area contributed by atoms with E-state index in [1.807, 2.05) is 6.08 Å². The standard InChI is InChI=1S/C65H102O6/c1-4-7-10-13-16-19-22-25-28-29-30-31-32-33-34-35-38-40-43-46-49-52-55-58-64(67)70-61-62(71-65(68)59-56-53-50-47-44-41-37-27-24-21-18-15-12-9-6-3)60-69-63(66)57-54-51-48-45-42-39-36-26-23-20-17-14-11-8-5-2/h7-12,16-21,25-28,30-31,36-37,44,47,53,56,62H,4-6,13-15,22-24,29,32-35,38-43,45-46,48-52,54-55,57-61H2,1-3H3/b10-7-,11-8-,12-9-,19-16-,20-17-,21-18-,28-25-,31-30-,36-26-,37-27-,47-44-,56-53-. The fraction of sp³-hybridized carbons (Fsp3) is 0.585. The van der Waals surface area contributed by atoms with E-state index < -0.39 is 12.1 Å². The van der Waals surface area contributed by atoms with Gasteiger partial charge in [0.25, 0.3) is 0 Å². The number of rotatable bonds is 49. The minimum Gasteiger partial charge on any atom is -0.462 e. The number of allylic oxidation sites excluding steroid dienone is 23. The van der Waals surface area contributed by atoms with Crippen molar-refractivity contribution < 1.29 is 28.6 Å². The van der Waals surface area contributed by atoms with Gasteiger partial charge in [0, 0.05) is 12.8 Å². The van der Waals surface area contributed by atoms with Crippen LogP contribution in [0.3, 0.4) is 0 Å². The number of hydrogen-bond acceptors (Lipinski definition) is 6. The Labute approximate surface area is 436 Å². The number of carbonyl (C=O) groups excluding carboxylic acids is 3. The molecule has 6 nitrogen and oxygen atoms in total. The Kier molecular flexibility index (Phi) is 54.0. The third-order valence-electron chi connectivity index (χ3n) is 11.4. The summed E-state index contributed by atoms with van der Waals surface area (Å²) in [6.45, 7) is 6.19. The van der Waals surface area contributed by atoms with E-state index in [-0.39, 0.29) is 31.6 Å². The number of carbonyl (C=O) groups is 3. The first-order chi connectivity index (χ1) is 35.0. The van der Waals surface area contributed by atoms with Crippen LogP contribution in [0.4, 0.5) is 0 Å². The van der Waals surface area contributed by atoms with E-state index in [0.717, 1.165) is 128 Å². The lowest BCUT2D eigenvalue weighted by atomic mass is 10.1. The van der Waals surface area contributed by atoms with Crippen molar-refractivity contribution in [2.75, 3.05) is 13.2 Å². The second kappa shape index (κ2) is 57.9. The van der Waals surface area contributed by atoms with Gasteiger partial charge in [-0.15, -0.1) is 0 Å². The van der Waals surface area contributed by atoms with Crippen LogP contribution >= 0.6 is 0 Å². The molecule has 0 aromatic rings. The Morgan fingerprint density at radius 3 is 0.859 bits per heavy atom. The van der Waals surface area contributed by atoms with Gasteiger partial charge in [-0.3, -0.25) is 14.4 Å². The van der Waals surface area contributed by atoms with Crippen LogP contribution < -0.4 is 0 Å². The number of hydrogen-bond donors (Lipinski definition) is 0. The average molecular weight is 980 g/mol. The molecule has 0 saturated heterocycles. The predicted octanol–water partition coefficient (Wildman–Crippen LogP) is 19.2. The number of ether oxygens (including phenoxy) is 3. The molecule has 0 N–H and O–H groups in total. The highest BCUT2D eigenvalue weighted by atomic mass is 16.6. The SMILES string of the molecule is CC/C=C\C/C=C\C/C=C\C/C=C\C/C=C\CC(=O)OC(COC(=O)CCCCCCC/C=C\C/C=C\C/C=C\CC)COC(=O)CCCCCCCCCCCC/C=C\C/C=C\C/C=C\C/C=C\CC. The summed E-state index contributed by atoms with van der Waals surface area (Å²) >= 11 is 0. The molecule has 0 aromatic heterocycles. The first-order valence-corrected chi connectivity index (χ1v) is 28.3. The summed E-state index contributed by atoms with van der Waals surface area (Å²) in [6.07, 6.45) is 82.9. The van der Waals surface area contributed by atoms with Crippen LogP contribution in [0.1, 0.15) is 226 Å². The van der Waals surface area contributed by atoms with E-state index >= 15 is 0 Å². The molecule has 0 rings (SSSR count). The molecule has 0 fully saturated rings. The molecule has 0 amide bonds. The third kappa shape index (κ3) is 56.1. The summed E-state index contributed by atoms with van der Waals surface area (Å²) in [4.78, 5) is 38.1. The molecule has 0 aromatic carbocycles. The summed E-state index contributed by atoms with van der Waals surface area (Å²) in [5, 5.41) is 0. The molecule has 0 aliphatic heterocycles. The second-order valence-electron chi connectivity index (χ2n) is 18.1. The molecular weight excluding hydrogens is 877 g/mol. The van der Waals surface area contributed by atoms with Gasteiger partial charge < -0.3 is 14.2 Å². The van der Waals surface area contributed by atoms with Crippen molar-refractivity contribution >= 4 is 17.9 Å². The zero-order valence-electron chi connectivity index (χ0n) is 45.4. The maximum Gasteiger partial charge on any atom is 0.310 e. The number of unbranched alkanes of at least 4 members (excludes halogenated alkanes) is 15. The zero-order chi connectivity index (χ0) is 51.4. The molecule has 0 heterocycles. The van der Waals surface area contributed by atoms with Crippen molar-refractivity contribution in [3.63, 3.8) is 0 Å². The monoisotopic (exact) mass is 979 g/mol. The molecule has 0 bridgehead atoms. The van der Waals surface area contributed by atoms with Gasteiger partial charge in [-0.25, -0.2) is 0 Å². The molecule has 1 atom stereocenters. The molecule has 0 radical (unpaired) electrons. The summed E-state index contributed by atoms with van der Waals surface area (Å²) in [6, 6.07) is 0. The Hall–Kier alpha value is -4.71. The van der Waals surface area contributed by atoms with E-state index in [4.69, 9.17) is 14.2 Å². The Morgan fingerprint density at radius 2 is 0.549 bits per heavy atom. The topological polar surface area (TPSA) is 78.9 Å². The lowest BCUT2D eigenvalue weighted by molar-refractivity contribution is -0.166. The van der Waals surface area contributed by atoms with E-state index in [9.17, 15) is 14.4 Å². The molecule has 6 heteroatoms. The third-order valence-corrected chi connectivity index (χ3v) is 11.4. The highest BCUT2D eigenvalue weighted by molar-refractivity contribution is 5.72. The summed E-state index contributed by atoms with van der Waals surface area (Å²) < 4.78 is 16.7. The first kappa shape index (κ1) is 66.3. The molecule has 0 aliphatic carbocycles. The van der Waals surface area contributed by atoms with Gasteiger partial charge in [0.2, 0.25) is 0 Å². The summed E-state index contributed by atoms with van der Waals surface area (Å²) in [5.41, 5.74) is 0. The predicted molar refractivity (Wildman–Crippen MR) is 306 cm³/mol. The van der Waals surface area contributed by atoms with Gasteiger partial charge in [0.1, 0.15) is 13.2 Å². The van der Waals surface area contributed by atoms with E-state index in [0.29, 0.717) is 19.3 Å². The Balaban J connectivity index is 4.48. The summed E-state index contributed by atoms with van der Waals surface area (Å²) in [7, 11) is 0. The van der Waals surface area contributed by atoms with Gasteiger partial charge in [-0.2, -0.15) is 0 Å². The fourth-order valence-electron chi connectivity index (χ4n) is 7.23. The Morgan fingerprint density at radius 1 is 0.296 bits per heavy atom. The van der Waals surface area contributed by atoms with Crippen LogP contribution in [0.2, 0.25) is 0 Å². The van der Waals surface area contributed by atoms with Crippen LogP contribution in [-0.4, -0.2) is 37.2 Å². The van der Waals surface area contributed by atoms with Gasteiger partial charge in [-0.1, -0.05) is 237 Å². The van der Waals surface area contributed by atoms with Crippen molar-refractivity contribution in [3.8, 4) is 0 Å². The zero-order valence-corrected chi connectivity index (χ0v) is 45.4. The van der Waals surface area contributed by atoms with Crippen molar-refractivity contribution in [1.82, 2.24) is 0 Å². The number of esters is 3. The lowest BCUT2D eigenvalue weighted by Crippen LogP contribution is -2.30. The van der Waals surface area contributed by atoms with Gasteiger partial charge in [0.05, 0.1) is 6.42 Å². The molecule has 0 spiro atoms. The van der Waals surface area contributed by atoms with Crippen LogP contribution in [0.5, 0.6) is 0 Å². The normalized spacial score (nSPS) is 13.2. The minimum atomic E-state index is -0.848. The van der Waals surface area contributed by atoms with Gasteiger partial charge in [0.15, 0.2) is 6.10 Å². The van der Waals surface area contributed by atoms with Gasteiger partial charge >= 0.3 is 17.9 Å². The van der Waals surface area contributed by atoms with Crippen LogP contribution in [0, 0.1) is 0 Å². The largest absolute Gasteiger partial charge is 0.462 e. The highest BCUT2D eigenvalue weighted by Crippen LogP contribution is 2.14. The summed E-state index contributed by atoms with van der Waals surface area (Å²) in [5.74, 6) is -1.09. The molecule has 1 unspecified atom stereocenters. The van der Waals surface area contributed by atoms with Crippen molar-refractivity contribution in [1.29, 1.82) is 0 Å². The van der Waals surface area contributed by atoms with E-state index in [1.54, 1.807) is 6.08 Å². The van der Waals surface area contributed by atoms with Crippen LogP contribution in [0.15, 0.2) is 146 Å².